The summed E-state index contributed by atoms with van der Waals surface area (Å²) in [7, 11) is 3.02. The molecule has 1 aromatic rings. The van der Waals surface area contributed by atoms with Crippen molar-refractivity contribution in [2.75, 3.05) is 39.2 Å². The number of hydrogen-bond donors (Lipinski definition) is 2. The SMILES string of the molecule is COCCNC(=O)CNc1nc(OC)ncc1Cl. The van der Waals surface area contributed by atoms with Crippen LogP contribution >= 0.6 is 11.6 Å². The van der Waals surface area contributed by atoms with Gasteiger partial charge in [-0.3, -0.25) is 4.79 Å². The van der Waals surface area contributed by atoms with Crippen LogP contribution in [0.2, 0.25) is 5.02 Å². The van der Waals surface area contributed by atoms with Gasteiger partial charge in [0.25, 0.3) is 0 Å². The van der Waals surface area contributed by atoms with Crippen molar-refractivity contribution in [1.29, 1.82) is 0 Å². The summed E-state index contributed by atoms with van der Waals surface area (Å²) in [6, 6.07) is 0.182. The Labute approximate surface area is 110 Å². The highest BCUT2D eigenvalue weighted by Crippen LogP contribution is 2.19. The summed E-state index contributed by atoms with van der Waals surface area (Å²) in [5.41, 5.74) is 0. The summed E-state index contributed by atoms with van der Waals surface area (Å²) in [4.78, 5) is 19.2. The molecule has 0 aliphatic carbocycles. The van der Waals surface area contributed by atoms with Gasteiger partial charge in [0.15, 0.2) is 5.82 Å². The van der Waals surface area contributed by atoms with Crippen LogP contribution in [0.15, 0.2) is 6.20 Å². The molecular weight excluding hydrogens is 260 g/mol. The fourth-order valence-corrected chi connectivity index (χ4v) is 1.25. The molecule has 0 unspecified atom stereocenters. The van der Waals surface area contributed by atoms with E-state index in [4.69, 9.17) is 21.1 Å². The van der Waals surface area contributed by atoms with Crippen molar-refractivity contribution in [3.63, 3.8) is 0 Å². The Bertz CT molecular complexity index is 403. The minimum absolute atomic E-state index is 0.0591. The first-order valence-electron chi connectivity index (χ1n) is 5.23. The molecule has 8 heteroatoms. The average molecular weight is 275 g/mol. The monoisotopic (exact) mass is 274 g/mol. The number of rotatable bonds is 7. The van der Waals surface area contributed by atoms with Crippen LogP contribution in [0.4, 0.5) is 5.82 Å². The Morgan fingerprint density at radius 2 is 2.28 bits per heavy atom. The predicted molar refractivity (Wildman–Crippen MR) is 67.0 cm³/mol. The zero-order valence-corrected chi connectivity index (χ0v) is 11.0. The van der Waals surface area contributed by atoms with Crippen molar-refractivity contribution in [2.45, 2.75) is 0 Å². The molecule has 1 aromatic heterocycles. The molecule has 18 heavy (non-hydrogen) atoms. The van der Waals surface area contributed by atoms with Gasteiger partial charge in [-0.25, -0.2) is 4.98 Å². The maximum absolute atomic E-state index is 11.4. The molecule has 0 aliphatic rings. The molecule has 0 radical (unpaired) electrons. The first kappa shape index (κ1) is 14.5. The number of aromatic nitrogens is 2. The molecule has 1 rings (SSSR count). The second-order valence-corrected chi connectivity index (χ2v) is 3.66. The normalized spacial score (nSPS) is 9.94. The fourth-order valence-electron chi connectivity index (χ4n) is 1.09. The summed E-state index contributed by atoms with van der Waals surface area (Å²) >= 11 is 5.87. The van der Waals surface area contributed by atoms with Gasteiger partial charge in [0.1, 0.15) is 5.02 Å². The maximum atomic E-state index is 11.4. The topological polar surface area (TPSA) is 85.4 Å². The molecule has 2 N–H and O–H groups in total. The van der Waals surface area contributed by atoms with Crippen LogP contribution in [0, 0.1) is 0 Å². The third kappa shape index (κ3) is 4.72. The third-order valence-corrected chi connectivity index (χ3v) is 2.23. The van der Waals surface area contributed by atoms with Crippen LogP contribution < -0.4 is 15.4 Å². The lowest BCUT2D eigenvalue weighted by atomic mass is 10.5. The molecule has 0 fully saturated rings. The van der Waals surface area contributed by atoms with Gasteiger partial charge in [-0.2, -0.15) is 4.98 Å². The number of methoxy groups -OCH3 is 2. The molecule has 0 spiro atoms. The second-order valence-electron chi connectivity index (χ2n) is 3.25. The van der Waals surface area contributed by atoms with Crippen molar-refractivity contribution < 1.29 is 14.3 Å². The van der Waals surface area contributed by atoms with Crippen LogP contribution in [-0.2, 0) is 9.53 Å². The van der Waals surface area contributed by atoms with Gasteiger partial charge in [0, 0.05) is 13.7 Å². The number of amides is 1. The van der Waals surface area contributed by atoms with E-state index in [1.165, 1.54) is 13.3 Å². The van der Waals surface area contributed by atoms with Crippen molar-refractivity contribution in [3.8, 4) is 6.01 Å². The molecule has 0 bridgehead atoms. The minimum Gasteiger partial charge on any atom is -0.467 e. The van der Waals surface area contributed by atoms with Crippen LogP contribution in [0.1, 0.15) is 0 Å². The molecule has 0 atom stereocenters. The first-order valence-corrected chi connectivity index (χ1v) is 5.61. The van der Waals surface area contributed by atoms with E-state index in [0.717, 1.165) is 0 Å². The van der Waals surface area contributed by atoms with Gasteiger partial charge < -0.3 is 20.1 Å². The van der Waals surface area contributed by atoms with Gasteiger partial charge in [0.2, 0.25) is 5.91 Å². The first-order chi connectivity index (χ1) is 8.67. The minimum atomic E-state index is -0.180. The lowest BCUT2D eigenvalue weighted by Crippen LogP contribution is -2.32. The van der Waals surface area contributed by atoms with Crippen LogP contribution in [-0.4, -0.2) is 49.8 Å². The smallest absolute Gasteiger partial charge is 0.318 e. The molecule has 0 aromatic carbocycles. The highest BCUT2D eigenvalue weighted by molar-refractivity contribution is 6.32. The van der Waals surface area contributed by atoms with Crippen LogP contribution in [0.25, 0.3) is 0 Å². The van der Waals surface area contributed by atoms with E-state index >= 15 is 0 Å². The molecule has 1 amide bonds. The molecule has 0 saturated heterocycles. The van der Waals surface area contributed by atoms with Gasteiger partial charge in [-0.05, 0) is 0 Å². The number of ether oxygens (including phenoxy) is 2. The summed E-state index contributed by atoms with van der Waals surface area (Å²) in [6.07, 6.45) is 1.40. The van der Waals surface area contributed by atoms with Crippen molar-refractivity contribution in [3.05, 3.63) is 11.2 Å². The number of nitrogens with one attached hydrogen (secondary N) is 2. The lowest BCUT2D eigenvalue weighted by Gasteiger charge is -2.08. The molecule has 0 aliphatic heterocycles. The van der Waals surface area contributed by atoms with E-state index in [1.54, 1.807) is 7.11 Å². The van der Waals surface area contributed by atoms with E-state index < -0.39 is 0 Å². The predicted octanol–water partition coefficient (Wildman–Crippen LogP) is 0.313. The van der Waals surface area contributed by atoms with E-state index in [9.17, 15) is 4.79 Å². The van der Waals surface area contributed by atoms with E-state index in [-0.39, 0.29) is 18.5 Å². The van der Waals surface area contributed by atoms with Crippen molar-refractivity contribution in [2.24, 2.45) is 0 Å². The molecule has 0 saturated carbocycles. The van der Waals surface area contributed by atoms with Crippen molar-refractivity contribution in [1.82, 2.24) is 15.3 Å². The summed E-state index contributed by atoms with van der Waals surface area (Å²) < 4.78 is 9.67. The molecule has 100 valence electrons. The standard InChI is InChI=1S/C10H15ClN4O3/c1-17-4-3-12-8(16)6-13-9-7(11)5-14-10(15-9)18-2/h5H,3-4,6H2,1-2H3,(H,12,16)(H,13,14,15). The Hall–Kier alpha value is -1.60. The summed E-state index contributed by atoms with van der Waals surface area (Å²) in [6.45, 7) is 0.981. The Balaban J connectivity index is 2.45. The maximum Gasteiger partial charge on any atom is 0.318 e. The van der Waals surface area contributed by atoms with E-state index in [0.29, 0.717) is 24.0 Å². The van der Waals surface area contributed by atoms with E-state index in [1.807, 2.05) is 0 Å². The molecular formula is C10H15ClN4O3. The number of carbonyl (C=O) groups excluding carboxylic acids is 1. The van der Waals surface area contributed by atoms with Crippen LogP contribution in [0.3, 0.4) is 0 Å². The number of halogens is 1. The Kier molecular flexibility index (Phi) is 6.16. The van der Waals surface area contributed by atoms with E-state index in [2.05, 4.69) is 20.6 Å². The molecule has 7 nitrogen and oxygen atoms in total. The molecule has 1 heterocycles. The van der Waals surface area contributed by atoms with Gasteiger partial charge in [0.05, 0.1) is 26.5 Å². The zero-order valence-electron chi connectivity index (χ0n) is 10.2. The quantitative estimate of drug-likeness (QED) is 0.696. The number of carbonyl (C=O) groups is 1. The summed E-state index contributed by atoms with van der Waals surface area (Å²) in [5, 5.41) is 5.78. The number of anilines is 1. The highest BCUT2D eigenvalue weighted by atomic mass is 35.5. The second kappa shape index (κ2) is 7.67. The Morgan fingerprint density at radius 3 is 2.94 bits per heavy atom. The highest BCUT2D eigenvalue weighted by Gasteiger charge is 2.07. The lowest BCUT2D eigenvalue weighted by molar-refractivity contribution is -0.119. The van der Waals surface area contributed by atoms with Crippen molar-refractivity contribution >= 4 is 23.3 Å². The largest absolute Gasteiger partial charge is 0.467 e. The summed E-state index contributed by atoms with van der Waals surface area (Å²) in [5.74, 6) is 0.172. The Morgan fingerprint density at radius 1 is 1.50 bits per heavy atom. The number of hydrogen-bond acceptors (Lipinski definition) is 6. The fraction of sp³-hybridized carbons (Fsp3) is 0.500. The number of nitrogens with zero attached hydrogens (tertiary/aromatic N) is 2. The van der Waals surface area contributed by atoms with Gasteiger partial charge >= 0.3 is 6.01 Å². The van der Waals surface area contributed by atoms with Gasteiger partial charge in [-0.15, -0.1) is 0 Å². The van der Waals surface area contributed by atoms with Crippen LogP contribution in [0.5, 0.6) is 6.01 Å². The zero-order chi connectivity index (χ0) is 13.4. The van der Waals surface area contributed by atoms with Gasteiger partial charge in [-0.1, -0.05) is 11.6 Å². The third-order valence-electron chi connectivity index (χ3n) is 1.95. The average Bonchev–Trinajstić information content (AvgIpc) is 2.38.